The SMILES string of the molecule is CC1CSCCN1C(=O)c1ccc(CN)o1. The number of thioether (sulfide) groups is 1. The Labute approximate surface area is 99.2 Å². The number of nitrogens with two attached hydrogens (primary N) is 1. The monoisotopic (exact) mass is 240 g/mol. The lowest BCUT2D eigenvalue weighted by atomic mass is 10.2. The van der Waals surface area contributed by atoms with Gasteiger partial charge in [0.25, 0.3) is 5.91 Å². The maximum atomic E-state index is 12.1. The van der Waals surface area contributed by atoms with Crippen LogP contribution in [0.4, 0.5) is 0 Å². The number of carbonyl (C=O) groups excluding carboxylic acids is 1. The van der Waals surface area contributed by atoms with E-state index in [4.69, 9.17) is 10.2 Å². The van der Waals surface area contributed by atoms with Crippen LogP contribution in [0.3, 0.4) is 0 Å². The zero-order valence-corrected chi connectivity index (χ0v) is 10.1. The second kappa shape index (κ2) is 4.93. The Morgan fingerprint density at radius 2 is 2.50 bits per heavy atom. The molecule has 1 saturated heterocycles. The Hall–Kier alpha value is -0.940. The number of hydrogen-bond donors (Lipinski definition) is 1. The summed E-state index contributed by atoms with van der Waals surface area (Å²) in [5, 5.41) is 0. The highest BCUT2D eigenvalue weighted by Gasteiger charge is 2.26. The molecule has 0 bridgehead atoms. The van der Waals surface area contributed by atoms with Crippen molar-refractivity contribution in [2.45, 2.75) is 19.5 Å². The van der Waals surface area contributed by atoms with Gasteiger partial charge in [0.15, 0.2) is 5.76 Å². The van der Waals surface area contributed by atoms with Crippen molar-refractivity contribution in [3.63, 3.8) is 0 Å². The fourth-order valence-corrected chi connectivity index (χ4v) is 2.79. The van der Waals surface area contributed by atoms with Crippen molar-refractivity contribution in [1.29, 1.82) is 0 Å². The first-order valence-corrected chi connectivity index (χ1v) is 6.55. The van der Waals surface area contributed by atoms with Crippen molar-refractivity contribution < 1.29 is 9.21 Å². The van der Waals surface area contributed by atoms with E-state index in [0.717, 1.165) is 18.1 Å². The van der Waals surface area contributed by atoms with Crippen LogP contribution in [0.2, 0.25) is 0 Å². The maximum absolute atomic E-state index is 12.1. The highest BCUT2D eigenvalue weighted by atomic mass is 32.2. The second-order valence-corrected chi connectivity index (χ2v) is 5.04. The molecular weight excluding hydrogens is 224 g/mol. The summed E-state index contributed by atoms with van der Waals surface area (Å²) in [5.74, 6) is 3.03. The van der Waals surface area contributed by atoms with E-state index in [1.807, 2.05) is 16.7 Å². The van der Waals surface area contributed by atoms with Gasteiger partial charge in [-0.1, -0.05) is 0 Å². The lowest BCUT2D eigenvalue weighted by Gasteiger charge is -2.32. The summed E-state index contributed by atoms with van der Waals surface area (Å²) >= 11 is 1.88. The van der Waals surface area contributed by atoms with E-state index in [9.17, 15) is 4.79 Å². The Kier molecular flexibility index (Phi) is 3.56. The molecular formula is C11H16N2O2S. The third kappa shape index (κ3) is 2.25. The van der Waals surface area contributed by atoms with Crippen molar-refractivity contribution in [2.24, 2.45) is 5.73 Å². The van der Waals surface area contributed by atoms with Crippen LogP contribution >= 0.6 is 11.8 Å². The fourth-order valence-electron chi connectivity index (χ4n) is 1.77. The van der Waals surface area contributed by atoms with Crippen LogP contribution in [0.15, 0.2) is 16.5 Å². The average molecular weight is 240 g/mol. The minimum absolute atomic E-state index is 0.0208. The molecule has 1 aliphatic heterocycles. The Morgan fingerprint density at radius 3 is 3.12 bits per heavy atom. The van der Waals surface area contributed by atoms with Crippen LogP contribution in [0.5, 0.6) is 0 Å². The predicted octanol–water partition coefficient (Wildman–Crippen LogP) is 1.32. The third-order valence-electron chi connectivity index (χ3n) is 2.70. The van der Waals surface area contributed by atoms with Gasteiger partial charge in [-0.25, -0.2) is 0 Å². The van der Waals surface area contributed by atoms with Crippen molar-refractivity contribution in [3.8, 4) is 0 Å². The number of rotatable bonds is 2. The van der Waals surface area contributed by atoms with E-state index < -0.39 is 0 Å². The molecule has 1 aromatic rings. The standard InChI is InChI=1S/C11H16N2O2S/c1-8-7-16-5-4-13(8)11(14)10-3-2-9(6-12)15-10/h2-3,8H,4-7,12H2,1H3. The third-order valence-corrected chi connectivity index (χ3v) is 3.89. The normalized spacial score (nSPS) is 21.1. The van der Waals surface area contributed by atoms with E-state index in [0.29, 0.717) is 18.1 Å². The Bertz CT molecular complexity index is 378. The summed E-state index contributed by atoms with van der Waals surface area (Å²) in [5.41, 5.74) is 5.45. The molecule has 0 aliphatic carbocycles. The van der Waals surface area contributed by atoms with Crippen molar-refractivity contribution in [1.82, 2.24) is 4.90 Å². The average Bonchev–Trinajstić information content (AvgIpc) is 2.77. The smallest absolute Gasteiger partial charge is 0.289 e. The quantitative estimate of drug-likeness (QED) is 0.847. The van der Waals surface area contributed by atoms with Crippen LogP contribution in [0.25, 0.3) is 0 Å². The van der Waals surface area contributed by atoms with Gasteiger partial charge in [-0.15, -0.1) is 0 Å². The van der Waals surface area contributed by atoms with Gasteiger partial charge in [-0.2, -0.15) is 11.8 Å². The molecule has 0 aromatic carbocycles. The van der Waals surface area contributed by atoms with Gasteiger partial charge < -0.3 is 15.1 Å². The number of hydrogen-bond acceptors (Lipinski definition) is 4. The molecule has 1 unspecified atom stereocenters. The first-order chi connectivity index (χ1) is 7.72. The van der Waals surface area contributed by atoms with Gasteiger partial charge in [0.2, 0.25) is 0 Å². The van der Waals surface area contributed by atoms with Crippen LogP contribution < -0.4 is 5.73 Å². The topological polar surface area (TPSA) is 59.5 Å². The number of furan rings is 1. The fraction of sp³-hybridized carbons (Fsp3) is 0.545. The predicted molar refractivity (Wildman–Crippen MR) is 64.4 cm³/mol. The largest absolute Gasteiger partial charge is 0.455 e. The molecule has 5 heteroatoms. The summed E-state index contributed by atoms with van der Waals surface area (Å²) < 4.78 is 5.37. The molecule has 0 spiro atoms. The van der Waals surface area contributed by atoms with Gasteiger partial charge in [0, 0.05) is 24.1 Å². The first kappa shape index (κ1) is 11.5. The zero-order chi connectivity index (χ0) is 11.5. The first-order valence-electron chi connectivity index (χ1n) is 5.40. The molecule has 16 heavy (non-hydrogen) atoms. The summed E-state index contributed by atoms with van der Waals surface area (Å²) in [6.07, 6.45) is 0. The number of amides is 1. The minimum atomic E-state index is -0.0208. The van der Waals surface area contributed by atoms with Crippen molar-refractivity contribution in [3.05, 3.63) is 23.7 Å². The summed E-state index contributed by atoms with van der Waals surface area (Å²) in [4.78, 5) is 14.0. The molecule has 1 aromatic heterocycles. The molecule has 1 atom stereocenters. The van der Waals surface area contributed by atoms with Gasteiger partial charge in [-0.3, -0.25) is 4.79 Å². The Morgan fingerprint density at radius 1 is 1.69 bits per heavy atom. The van der Waals surface area contributed by atoms with Gasteiger partial charge in [-0.05, 0) is 19.1 Å². The molecule has 88 valence electrons. The number of carbonyl (C=O) groups is 1. The summed E-state index contributed by atoms with van der Waals surface area (Å²) in [6, 6.07) is 3.74. The lowest BCUT2D eigenvalue weighted by molar-refractivity contribution is 0.0681. The van der Waals surface area contributed by atoms with Crippen molar-refractivity contribution >= 4 is 17.7 Å². The van der Waals surface area contributed by atoms with Crippen LogP contribution in [-0.2, 0) is 6.54 Å². The molecule has 4 nitrogen and oxygen atoms in total. The molecule has 2 heterocycles. The summed E-state index contributed by atoms with van der Waals surface area (Å²) in [7, 11) is 0. The molecule has 1 amide bonds. The minimum Gasteiger partial charge on any atom is -0.455 e. The van der Waals surface area contributed by atoms with Crippen LogP contribution in [0.1, 0.15) is 23.2 Å². The van der Waals surface area contributed by atoms with E-state index in [1.165, 1.54) is 0 Å². The number of nitrogens with zero attached hydrogens (tertiary/aromatic N) is 1. The van der Waals surface area contributed by atoms with Gasteiger partial charge >= 0.3 is 0 Å². The molecule has 1 aliphatic rings. The molecule has 0 radical (unpaired) electrons. The molecule has 2 N–H and O–H groups in total. The van der Waals surface area contributed by atoms with E-state index in [-0.39, 0.29) is 11.9 Å². The van der Waals surface area contributed by atoms with E-state index >= 15 is 0 Å². The summed E-state index contributed by atoms with van der Waals surface area (Å²) in [6.45, 7) is 3.19. The molecule has 0 saturated carbocycles. The molecule has 2 rings (SSSR count). The lowest BCUT2D eigenvalue weighted by Crippen LogP contribution is -2.44. The Balaban J connectivity index is 2.11. The van der Waals surface area contributed by atoms with Crippen LogP contribution in [0, 0.1) is 0 Å². The maximum Gasteiger partial charge on any atom is 0.289 e. The molecule has 1 fully saturated rings. The van der Waals surface area contributed by atoms with Gasteiger partial charge in [0.1, 0.15) is 5.76 Å². The van der Waals surface area contributed by atoms with Gasteiger partial charge in [0.05, 0.1) is 6.54 Å². The van der Waals surface area contributed by atoms with Crippen molar-refractivity contribution in [2.75, 3.05) is 18.1 Å². The highest BCUT2D eigenvalue weighted by molar-refractivity contribution is 7.99. The second-order valence-electron chi connectivity index (χ2n) is 3.89. The van der Waals surface area contributed by atoms with E-state index in [1.54, 1.807) is 12.1 Å². The zero-order valence-electron chi connectivity index (χ0n) is 9.31. The highest BCUT2D eigenvalue weighted by Crippen LogP contribution is 2.19. The van der Waals surface area contributed by atoms with Crippen LogP contribution in [-0.4, -0.2) is 34.9 Å². The van der Waals surface area contributed by atoms with E-state index in [2.05, 4.69) is 6.92 Å².